The molecule has 0 aromatic rings. The number of rotatable bonds is 22. The van der Waals surface area contributed by atoms with Gasteiger partial charge in [0.2, 0.25) is 29.5 Å². The predicted molar refractivity (Wildman–Crippen MR) is 172 cm³/mol. The molecule has 258 valence electrons. The number of nitrogens with one attached hydrogen (secondary N) is 7. The van der Waals surface area contributed by atoms with Crippen LogP contribution in [0.3, 0.4) is 0 Å². The van der Waals surface area contributed by atoms with Crippen LogP contribution in [0.1, 0.15) is 93.9 Å². The molecule has 14 nitrogen and oxygen atoms in total. The number of unbranched alkanes of at least 4 members (excludes halogenated alkanes) is 1. The Balaban J connectivity index is 5.90. The molecule has 0 bridgehead atoms. The molecule has 5 amide bonds. The van der Waals surface area contributed by atoms with E-state index in [1.807, 2.05) is 27.7 Å². The second-order valence-corrected chi connectivity index (χ2v) is 12.4. The number of hydrogen-bond donors (Lipinski definition) is 8. The molecule has 5 atom stereocenters. The summed E-state index contributed by atoms with van der Waals surface area (Å²) in [6.45, 7) is 13.3. The van der Waals surface area contributed by atoms with E-state index in [2.05, 4.69) is 31.9 Å². The van der Waals surface area contributed by atoms with E-state index in [4.69, 9.17) is 5.41 Å². The Morgan fingerprint density at radius 3 is 1.78 bits per heavy atom. The number of ketones is 1. The van der Waals surface area contributed by atoms with Gasteiger partial charge in [0.05, 0.1) is 19.0 Å². The fourth-order valence-electron chi connectivity index (χ4n) is 4.36. The van der Waals surface area contributed by atoms with E-state index >= 15 is 0 Å². The summed E-state index contributed by atoms with van der Waals surface area (Å²) in [5.41, 5.74) is 0. The maximum absolute atomic E-state index is 13.6. The molecule has 0 saturated carbocycles. The van der Waals surface area contributed by atoms with E-state index in [9.17, 15) is 33.9 Å². The average Bonchev–Trinajstić information content (AvgIpc) is 2.96. The first-order valence-electron chi connectivity index (χ1n) is 15.9. The van der Waals surface area contributed by atoms with Crippen LogP contribution in [0, 0.1) is 23.2 Å². The highest BCUT2D eigenvalue weighted by Gasteiger charge is 2.33. The van der Waals surface area contributed by atoms with Gasteiger partial charge in [-0.1, -0.05) is 54.4 Å². The zero-order valence-electron chi connectivity index (χ0n) is 28.3. The molecule has 0 spiro atoms. The highest BCUT2D eigenvalue weighted by Crippen LogP contribution is 2.12. The summed E-state index contributed by atoms with van der Waals surface area (Å²) in [5, 5.41) is 33.1. The first kappa shape index (κ1) is 41.4. The molecule has 0 aromatic heterocycles. The third kappa shape index (κ3) is 17.5. The van der Waals surface area contributed by atoms with Gasteiger partial charge >= 0.3 is 0 Å². The lowest BCUT2D eigenvalue weighted by Gasteiger charge is -2.28. The topological polar surface area (TPSA) is 219 Å². The quantitative estimate of drug-likeness (QED) is 0.0473. The molecule has 0 aliphatic heterocycles. The summed E-state index contributed by atoms with van der Waals surface area (Å²) >= 11 is 0. The van der Waals surface area contributed by atoms with Crippen molar-refractivity contribution < 1.29 is 33.9 Å². The van der Waals surface area contributed by atoms with Crippen molar-refractivity contribution in [2.24, 2.45) is 17.8 Å². The van der Waals surface area contributed by atoms with Crippen LogP contribution in [0.4, 0.5) is 0 Å². The standard InChI is InChI=1S/C31H57N7O7/c1-9-10-12-20(6)27(41)36-24(15-18(2)3)30(44)35-23(13-11-14-33-22(8)32)29(43)38-26(19(4)5)31(45)37-25(17-39)28(42)34-16-21(7)40/h18-20,23-26,39H,9-17H2,1-8H3,(H2,32,33)(H,34,42)(H,35,44)(H,36,41)(H,37,45)(H,38,43)/t20-,23-,24-,25-,26-/m0/s1. The van der Waals surface area contributed by atoms with Gasteiger partial charge in [0.15, 0.2) is 0 Å². The van der Waals surface area contributed by atoms with Gasteiger partial charge in [-0.25, -0.2) is 0 Å². The number of amides is 5. The van der Waals surface area contributed by atoms with Gasteiger partial charge in [0.1, 0.15) is 30.0 Å². The van der Waals surface area contributed by atoms with Crippen LogP contribution < -0.4 is 31.9 Å². The number of amidine groups is 1. The predicted octanol–water partition coefficient (Wildman–Crippen LogP) is 0.518. The molecule has 0 heterocycles. The van der Waals surface area contributed by atoms with E-state index in [-0.39, 0.29) is 42.3 Å². The van der Waals surface area contributed by atoms with Gasteiger partial charge in [-0.05, 0) is 51.4 Å². The molecular formula is C31H57N7O7. The summed E-state index contributed by atoms with van der Waals surface area (Å²) in [5.74, 6) is -3.59. The maximum Gasteiger partial charge on any atom is 0.245 e. The fraction of sp³-hybridized carbons (Fsp3) is 0.774. The molecule has 0 aromatic carbocycles. The van der Waals surface area contributed by atoms with Gasteiger partial charge < -0.3 is 37.0 Å². The molecule has 0 radical (unpaired) electrons. The maximum atomic E-state index is 13.6. The van der Waals surface area contributed by atoms with E-state index in [0.29, 0.717) is 25.8 Å². The first-order valence-corrected chi connectivity index (χ1v) is 15.9. The Morgan fingerprint density at radius 2 is 1.27 bits per heavy atom. The van der Waals surface area contributed by atoms with E-state index < -0.39 is 60.3 Å². The van der Waals surface area contributed by atoms with Gasteiger partial charge in [0, 0.05) is 12.5 Å². The van der Waals surface area contributed by atoms with Gasteiger partial charge in [-0.2, -0.15) is 0 Å². The van der Waals surface area contributed by atoms with Crippen LogP contribution in [0.5, 0.6) is 0 Å². The third-order valence-corrected chi connectivity index (χ3v) is 7.05. The highest BCUT2D eigenvalue weighted by atomic mass is 16.3. The summed E-state index contributed by atoms with van der Waals surface area (Å²) in [6, 6.07) is -4.42. The molecular weight excluding hydrogens is 582 g/mol. The van der Waals surface area contributed by atoms with Gasteiger partial charge in [0.25, 0.3) is 0 Å². The monoisotopic (exact) mass is 639 g/mol. The van der Waals surface area contributed by atoms with Crippen LogP contribution in [0.25, 0.3) is 0 Å². The van der Waals surface area contributed by atoms with Gasteiger partial charge in [-0.15, -0.1) is 0 Å². The normalized spacial score (nSPS) is 14.4. The number of carbonyl (C=O) groups excluding carboxylic acids is 6. The fourth-order valence-corrected chi connectivity index (χ4v) is 4.36. The SMILES string of the molecule is CCCC[C@H](C)C(=O)N[C@@H](CC(C)C)C(=O)N[C@@H](CCCNC(C)=N)C(=O)N[C@H](C(=O)N[C@@H](CO)C(=O)NCC(C)=O)C(C)C. The van der Waals surface area contributed by atoms with Crippen molar-refractivity contribution in [3.8, 4) is 0 Å². The van der Waals surface area contributed by atoms with Crippen molar-refractivity contribution >= 4 is 41.2 Å². The molecule has 0 rings (SSSR count). The lowest BCUT2D eigenvalue weighted by molar-refractivity contribution is -0.136. The zero-order valence-corrected chi connectivity index (χ0v) is 28.3. The van der Waals surface area contributed by atoms with E-state index in [1.165, 1.54) is 6.92 Å². The Labute approximate surface area is 267 Å². The molecule has 0 saturated heterocycles. The average molecular weight is 640 g/mol. The smallest absolute Gasteiger partial charge is 0.245 e. The molecule has 0 aliphatic carbocycles. The molecule has 14 heteroatoms. The number of aliphatic hydroxyl groups excluding tert-OH is 1. The van der Waals surface area contributed by atoms with Crippen molar-refractivity contribution in [2.45, 2.75) is 118 Å². The summed E-state index contributed by atoms with van der Waals surface area (Å²) in [6.07, 6.45) is 3.45. The third-order valence-electron chi connectivity index (χ3n) is 7.05. The van der Waals surface area contributed by atoms with Crippen molar-refractivity contribution in [2.75, 3.05) is 19.7 Å². The Bertz CT molecular complexity index is 1000. The minimum atomic E-state index is -1.35. The summed E-state index contributed by atoms with van der Waals surface area (Å²) in [7, 11) is 0. The van der Waals surface area contributed by atoms with Gasteiger partial charge in [-0.3, -0.25) is 34.2 Å². The zero-order chi connectivity index (χ0) is 34.7. The number of hydrogen-bond acceptors (Lipinski definition) is 8. The molecule has 45 heavy (non-hydrogen) atoms. The molecule has 0 fully saturated rings. The minimum absolute atomic E-state index is 0.0696. The van der Waals surface area contributed by atoms with Crippen molar-refractivity contribution in [3.05, 3.63) is 0 Å². The van der Waals surface area contributed by atoms with E-state index in [1.54, 1.807) is 20.8 Å². The van der Waals surface area contributed by atoms with Crippen molar-refractivity contribution in [1.82, 2.24) is 31.9 Å². The minimum Gasteiger partial charge on any atom is -0.394 e. The Morgan fingerprint density at radius 1 is 0.689 bits per heavy atom. The number of Topliss-reactive ketones (excluding diaryl/α,β-unsaturated/α-hetero) is 1. The van der Waals surface area contributed by atoms with Crippen LogP contribution in [0.2, 0.25) is 0 Å². The second kappa shape index (κ2) is 22.0. The number of carbonyl (C=O) groups is 6. The van der Waals surface area contributed by atoms with Crippen LogP contribution in [0.15, 0.2) is 0 Å². The highest BCUT2D eigenvalue weighted by molar-refractivity contribution is 5.96. The van der Waals surface area contributed by atoms with Crippen LogP contribution in [-0.4, -0.2) is 90.1 Å². The molecule has 0 aliphatic rings. The first-order chi connectivity index (χ1) is 21.0. The largest absolute Gasteiger partial charge is 0.394 e. The molecule has 8 N–H and O–H groups in total. The van der Waals surface area contributed by atoms with Crippen LogP contribution >= 0.6 is 0 Å². The van der Waals surface area contributed by atoms with Crippen molar-refractivity contribution in [3.63, 3.8) is 0 Å². The van der Waals surface area contributed by atoms with E-state index in [0.717, 1.165) is 12.8 Å². The summed E-state index contributed by atoms with van der Waals surface area (Å²) < 4.78 is 0. The van der Waals surface area contributed by atoms with Crippen LogP contribution in [-0.2, 0) is 28.8 Å². The second-order valence-electron chi connectivity index (χ2n) is 12.4. The number of aliphatic hydroxyl groups is 1. The molecule has 0 unspecified atom stereocenters. The van der Waals surface area contributed by atoms with Crippen molar-refractivity contribution in [1.29, 1.82) is 5.41 Å². The lowest BCUT2D eigenvalue weighted by atomic mass is 9.99. The lowest BCUT2D eigenvalue weighted by Crippen LogP contribution is -2.60. The summed E-state index contributed by atoms with van der Waals surface area (Å²) in [4.78, 5) is 76.6. The Hall–Kier alpha value is -3.55. The Kier molecular flexibility index (Phi) is 20.3.